The fraction of sp³-hybridized carbons (Fsp3) is 0.455. The second-order valence-corrected chi connectivity index (χ2v) is 8.86. The molecular weight excluding hydrogens is 418 g/mol. The van der Waals surface area contributed by atoms with Crippen molar-refractivity contribution < 1.29 is 18.6 Å². The summed E-state index contributed by atoms with van der Waals surface area (Å²) in [6.07, 6.45) is 4.31. The van der Waals surface area contributed by atoms with Crippen LogP contribution in [0.25, 0.3) is 22.0 Å². The van der Waals surface area contributed by atoms with E-state index in [1.807, 2.05) is 6.07 Å². The van der Waals surface area contributed by atoms with Crippen LogP contribution in [0.15, 0.2) is 36.8 Å². The maximum Gasteiger partial charge on any atom is 0.265 e. The van der Waals surface area contributed by atoms with Crippen molar-refractivity contribution in [2.75, 3.05) is 19.1 Å². The molecule has 168 valence electrons. The van der Waals surface area contributed by atoms with E-state index in [2.05, 4.69) is 25.5 Å². The third-order valence-electron chi connectivity index (χ3n) is 6.72. The molecule has 10 heteroatoms. The zero-order valence-corrected chi connectivity index (χ0v) is 18.0. The Kier molecular flexibility index (Phi) is 4.75. The number of nitrogens with zero attached hydrogens (tertiary/aromatic N) is 5. The van der Waals surface area contributed by atoms with Gasteiger partial charge in [0.2, 0.25) is 5.95 Å². The third-order valence-corrected chi connectivity index (χ3v) is 6.72. The monoisotopic (exact) mass is 442 g/mol. The minimum absolute atomic E-state index is 0.0484. The number of alkyl halides is 2. The van der Waals surface area contributed by atoms with E-state index in [1.165, 1.54) is 13.3 Å². The highest BCUT2D eigenvalue weighted by molar-refractivity contribution is 5.89. The smallest absolute Gasteiger partial charge is 0.265 e. The van der Waals surface area contributed by atoms with Gasteiger partial charge in [-0.25, -0.2) is 13.8 Å². The number of hydrogen-bond donors (Lipinski definition) is 2. The van der Waals surface area contributed by atoms with Crippen LogP contribution in [0.4, 0.5) is 14.7 Å². The summed E-state index contributed by atoms with van der Waals surface area (Å²) < 4.78 is 34.6. The third kappa shape index (κ3) is 3.25. The molecule has 4 atom stereocenters. The van der Waals surface area contributed by atoms with Crippen LogP contribution in [0.3, 0.4) is 0 Å². The molecule has 2 fully saturated rings. The van der Waals surface area contributed by atoms with Crippen molar-refractivity contribution >= 4 is 16.7 Å². The van der Waals surface area contributed by atoms with Gasteiger partial charge in [0, 0.05) is 49.5 Å². The summed E-state index contributed by atoms with van der Waals surface area (Å²) in [6, 6.07) is 3.99. The molecule has 0 saturated carbocycles. The number of ether oxygens (including phenoxy) is 1. The summed E-state index contributed by atoms with van der Waals surface area (Å²) >= 11 is 0. The van der Waals surface area contributed by atoms with E-state index in [0.29, 0.717) is 17.2 Å². The molecule has 8 nitrogen and oxygen atoms in total. The number of anilines is 1. The predicted octanol–water partition coefficient (Wildman–Crippen LogP) is 2.77. The van der Waals surface area contributed by atoms with Gasteiger partial charge in [-0.2, -0.15) is 0 Å². The van der Waals surface area contributed by atoms with Crippen LogP contribution in [0.1, 0.15) is 19.8 Å². The Morgan fingerprint density at radius 1 is 1.22 bits per heavy atom. The molecule has 2 N–H and O–H groups in total. The Labute approximate surface area is 183 Å². The van der Waals surface area contributed by atoms with E-state index in [-0.39, 0.29) is 24.6 Å². The molecule has 32 heavy (non-hydrogen) atoms. The molecule has 2 bridgehead atoms. The molecule has 1 aromatic carbocycles. The first-order chi connectivity index (χ1) is 15.2. The number of nitrogens with one attached hydrogen (secondary N) is 1. The number of pyridine rings is 1. The van der Waals surface area contributed by atoms with Crippen LogP contribution >= 0.6 is 0 Å². The Morgan fingerprint density at radius 2 is 2.03 bits per heavy atom. The van der Waals surface area contributed by atoms with Crippen LogP contribution in [0.2, 0.25) is 0 Å². The molecule has 4 heterocycles. The van der Waals surface area contributed by atoms with Gasteiger partial charge in [0.25, 0.3) is 5.92 Å². The van der Waals surface area contributed by atoms with Crippen LogP contribution < -0.4 is 10.2 Å². The lowest BCUT2D eigenvalue weighted by molar-refractivity contribution is -0.0139. The Bertz CT molecular complexity index is 1160. The predicted molar refractivity (Wildman–Crippen MR) is 115 cm³/mol. The summed E-state index contributed by atoms with van der Waals surface area (Å²) in [6.45, 7) is 1.77. The minimum atomic E-state index is -2.80. The van der Waals surface area contributed by atoms with Crippen molar-refractivity contribution in [3.05, 3.63) is 36.8 Å². The van der Waals surface area contributed by atoms with Crippen LogP contribution in [-0.2, 0) is 4.74 Å². The number of fused-ring (bicyclic) bond motifs is 3. The Hall–Kier alpha value is -2.98. The Balaban J connectivity index is 1.44. The first-order valence-electron chi connectivity index (χ1n) is 10.4. The molecule has 2 aromatic heterocycles. The molecule has 0 amide bonds. The van der Waals surface area contributed by atoms with E-state index in [0.717, 1.165) is 10.8 Å². The lowest BCUT2D eigenvalue weighted by Crippen LogP contribution is -2.65. The molecule has 1 unspecified atom stereocenters. The van der Waals surface area contributed by atoms with Gasteiger partial charge in [0.05, 0.1) is 24.4 Å². The van der Waals surface area contributed by atoms with E-state index in [1.54, 1.807) is 43.4 Å². The number of aromatic nitrogens is 4. The maximum atomic E-state index is 14.5. The van der Waals surface area contributed by atoms with Crippen molar-refractivity contribution in [3.8, 4) is 17.0 Å². The number of rotatable bonds is 4. The van der Waals surface area contributed by atoms with E-state index >= 15 is 0 Å². The summed E-state index contributed by atoms with van der Waals surface area (Å²) in [4.78, 5) is 10.2. The molecule has 5 rings (SSSR count). The SMILES string of the molecule is CO[C@@H]1[C@@H](N(C)c2ncc(-c3cc4ccncc4cc3O)nn2)CC2N[C@]1(C)CC2(F)F. The quantitative estimate of drug-likeness (QED) is 0.637. The summed E-state index contributed by atoms with van der Waals surface area (Å²) in [5.41, 5.74) is 0.0596. The van der Waals surface area contributed by atoms with E-state index in [4.69, 9.17) is 4.74 Å². The number of phenols is 1. The topological polar surface area (TPSA) is 96.3 Å². The number of benzene rings is 1. The lowest BCUT2D eigenvalue weighted by Gasteiger charge is -2.46. The number of hydrogen-bond acceptors (Lipinski definition) is 8. The fourth-order valence-electron chi connectivity index (χ4n) is 5.18. The maximum absolute atomic E-state index is 14.5. The van der Waals surface area contributed by atoms with Crippen molar-refractivity contribution in [1.82, 2.24) is 25.5 Å². The zero-order valence-electron chi connectivity index (χ0n) is 18.0. The number of methoxy groups -OCH3 is 1. The second kappa shape index (κ2) is 7.28. The molecule has 0 spiro atoms. The Morgan fingerprint density at radius 3 is 2.75 bits per heavy atom. The number of aromatic hydroxyl groups is 1. The minimum Gasteiger partial charge on any atom is -0.507 e. The van der Waals surface area contributed by atoms with Crippen LogP contribution in [-0.4, -0.2) is 69.1 Å². The van der Waals surface area contributed by atoms with Gasteiger partial charge in [-0.1, -0.05) is 0 Å². The number of likely N-dealkylation sites (N-methyl/N-ethyl adjacent to an activating group) is 1. The summed E-state index contributed by atoms with van der Waals surface area (Å²) in [5, 5.41) is 23.7. The standard InChI is InChI=1S/C22H24F2N6O2/c1-21-11-22(23,24)18(27-21)8-16(19(21)32-3)30(2)20-26-10-15(28-29-20)14-6-12-4-5-25-9-13(12)7-17(14)31/h4-7,9-10,16,18-19,27,31H,8,11H2,1-3H3/t16-,18?,19+,21+/m0/s1. The van der Waals surface area contributed by atoms with Gasteiger partial charge < -0.3 is 20.1 Å². The van der Waals surface area contributed by atoms with Gasteiger partial charge in [-0.15, -0.1) is 10.2 Å². The van der Waals surface area contributed by atoms with Crippen molar-refractivity contribution in [2.24, 2.45) is 0 Å². The van der Waals surface area contributed by atoms with Gasteiger partial charge in [-0.05, 0) is 36.9 Å². The molecule has 0 radical (unpaired) electrons. The molecule has 2 aliphatic heterocycles. The number of phenolic OH excluding ortho intramolecular Hbond substituents is 1. The van der Waals surface area contributed by atoms with Gasteiger partial charge >= 0.3 is 0 Å². The highest BCUT2D eigenvalue weighted by Gasteiger charge is 2.63. The van der Waals surface area contributed by atoms with Crippen molar-refractivity contribution in [2.45, 2.75) is 49.4 Å². The summed E-state index contributed by atoms with van der Waals surface area (Å²) in [5.74, 6) is -2.45. The molecule has 0 aliphatic carbocycles. The molecule has 2 aliphatic rings. The van der Waals surface area contributed by atoms with Gasteiger partial charge in [0.1, 0.15) is 11.4 Å². The number of halogens is 2. The lowest BCUT2D eigenvalue weighted by atomic mass is 9.85. The van der Waals surface area contributed by atoms with Crippen LogP contribution in [0.5, 0.6) is 5.75 Å². The normalized spacial score (nSPS) is 28.7. The van der Waals surface area contributed by atoms with Crippen LogP contribution in [0, 0.1) is 0 Å². The molecule has 3 aromatic rings. The first-order valence-corrected chi connectivity index (χ1v) is 10.4. The van der Waals surface area contributed by atoms with Crippen molar-refractivity contribution in [1.29, 1.82) is 0 Å². The van der Waals surface area contributed by atoms with E-state index < -0.39 is 23.6 Å². The first kappa shape index (κ1) is 20.9. The molecule has 2 saturated heterocycles. The second-order valence-electron chi connectivity index (χ2n) is 8.86. The van der Waals surface area contributed by atoms with Gasteiger partial charge in [-0.3, -0.25) is 4.98 Å². The van der Waals surface area contributed by atoms with Crippen molar-refractivity contribution in [3.63, 3.8) is 0 Å². The molecular formula is C22H24F2N6O2. The van der Waals surface area contributed by atoms with Gasteiger partial charge in [0.15, 0.2) is 0 Å². The zero-order chi connectivity index (χ0) is 22.7. The average Bonchev–Trinajstić information content (AvgIpc) is 2.96. The highest BCUT2D eigenvalue weighted by atomic mass is 19.3. The highest BCUT2D eigenvalue weighted by Crippen LogP contribution is 2.47. The fourth-order valence-corrected chi connectivity index (χ4v) is 5.18. The summed E-state index contributed by atoms with van der Waals surface area (Å²) in [7, 11) is 3.30. The van der Waals surface area contributed by atoms with E-state index in [9.17, 15) is 13.9 Å². The number of piperidine rings is 1. The largest absolute Gasteiger partial charge is 0.507 e. The average molecular weight is 442 g/mol.